The quantitative estimate of drug-likeness (QED) is 0.449. The van der Waals surface area contributed by atoms with Crippen molar-refractivity contribution in [2.75, 3.05) is 20.5 Å². The first-order chi connectivity index (χ1) is 7.71. The van der Waals surface area contributed by atoms with Gasteiger partial charge in [-0.2, -0.15) is 0 Å². The van der Waals surface area contributed by atoms with E-state index in [0.717, 1.165) is 5.75 Å². The second kappa shape index (κ2) is 6.23. The van der Waals surface area contributed by atoms with Crippen LogP contribution in [0.3, 0.4) is 0 Å². The third-order valence-corrected chi connectivity index (χ3v) is 2.71. The molecule has 0 atom stereocenters. The average Bonchev–Trinajstić information content (AvgIpc) is 2.35. The Balaban J connectivity index is 2.84. The number of carbonyl (C=O) groups is 1. The van der Waals surface area contributed by atoms with E-state index in [9.17, 15) is 4.79 Å². The predicted molar refractivity (Wildman–Crippen MR) is 65.9 cm³/mol. The highest BCUT2D eigenvalue weighted by Gasteiger charge is 2.05. The molecule has 3 nitrogen and oxygen atoms in total. The summed E-state index contributed by atoms with van der Waals surface area (Å²) in [6, 6.07) is 6.97. The number of ether oxygens (including phenoxy) is 2. The summed E-state index contributed by atoms with van der Waals surface area (Å²) >= 11 is 1.39. The molecule has 0 N–H and O–H groups in total. The molecule has 1 rings (SSSR count). The van der Waals surface area contributed by atoms with Crippen LogP contribution in [0.1, 0.15) is 10.4 Å². The molecule has 0 aliphatic heterocycles. The summed E-state index contributed by atoms with van der Waals surface area (Å²) in [6.45, 7) is 0. The third kappa shape index (κ3) is 3.31. The smallest absolute Gasteiger partial charge is 0.190 e. The van der Waals surface area contributed by atoms with Gasteiger partial charge in [-0.05, 0) is 30.5 Å². The van der Waals surface area contributed by atoms with Crippen molar-refractivity contribution >= 4 is 17.5 Å². The third-order valence-electron chi connectivity index (χ3n) is 2.03. The molecule has 0 saturated carbocycles. The van der Waals surface area contributed by atoms with Gasteiger partial charge in [0, 0.05) is 11.6 Å². The van der Waals surface area contributed by atoms with Gasteiger partial charge in [0.2, 0.25) is 0 Å². The highest BCUT2D eigenvalue weighted by Crippen LogP contribution is 2.16. The number of methoxy groups -OCH3 is 2. The van der Waals surface area contributed by atoms with Crippen LogP contribution in [0.25, 0.3) is 0 Å². The van der Waals surface area contributed by atoms with Crippen molar-refractivity contribution in [2.45, 2.75) is 0 Å². The van der Waals surface area contributed by atoms with Crippen molar-refractivity contribution in [3.63, 3.8) is 0 Å². The van der Waals surface area contributed by atoms with Gasteiger partial charge in [-0.25, -0.2) is 0 Å². The molecule has 0 aromatic heterocycles. The summed E-state index contributed by atoms with van der Waals surface area (Å²) in [6.07, 6.45) is 3.34. The van der Waals surface area contributed by atoms with Gasteiger partial charge < -0.3 is 9.47 Å². The minimum Gasteiger partial charge on any atom is -0.497 e. The van der Waals surface area contributed by atoms with Crippen molar-refractivity contribution in [3.05, 3.63) is 41.0 Å². The van der Waals surface area contributed by atoms with E-state index < -0.39 is 0 Å². The largest absolute Gasteiger partial charge is 0.497 e. The van der Waals surface area contributed by atoms with E-state index in [1.807, 2.05) is 6.26 Å². The maximum absolute atomic E-state index is 11.8. The molecule has 0 saturated heterocycles. The number of hydrogen-bond donors (Lipinski definition) is 0. The second-order valence-corrected chi connectivity index (χ2v) is 3.77. The van der Waals surface area contributed by atoms with Gasteiger partial charge in [-0.15, -0.1) is 0 Å². The summed E-state index contributed by atoms with van der Waals surface area (Å²) in [7, 11) is 3.14. The van der Waals surface area contributed by atoms with E-state index in [4.69, 9.17) is 9.47 Å². The van der Waals surface area contributed by atoms with E-state index >= 15 is 0 Å². The number of thioether (sulfide) groups is 1. The zero-order valence-corrected chi connectivity index (χ0v) is 10.3. The number of allylic oxidation sites excluding steroid dienone is 1. The molecule has 4 heteroatoms. The zero-order valence-electron chi connectivity index (χ0n) is 9.52. The lowest BCUT2D eigenvalue weighted by molar-refractivity contribution is 0.104. The molecule has 0 amide bonds. The molecule has 16 heavy (non-hydrogen) atoms. The summed E-state index contributed by atoms with van der Waals surface area (Å²) < 4.78 is 10.0. The van der Waals surface area contributed by atoms with Crippen LogP contribution in [0.4, 0.5) is 0 Å². The Labute approximate surface area is 99.4 Å². The Hall–Kier alpha value is -1.42. The molecule has 0 aliphatic carbocycles. The fourth-order valence-electron chi connectivity index (χ4n) is 1.15. The lowest BCUT2D eigenvalue weighted by Gasteiger charge is -2.02. The molecule has 0 radical (unpaired) electrons. The number of rotatable bonds is 5. The van der Waals surface area contributed by atoms with Crippen LogP contribution in [0.5, 0.6) is 5.75 Å². The van der Waals surface area contributed by atoms with Crippen LogP contribution in [0.2, 0.25) is 0 Å². The Morgan fingerprint density at radius 2 is 1.88 bits per heavy atom. The van der Waals surface area contributed by atoms with Crippen molar-refractivity contribution in [3.8, 4) is 5.75 Å². The lowest BCUT2D eigenvalue weighted by Crippen LogP contribution is -1.96. The van der Waals surface area contributed by atoms with Gasteiger partial charge in [0.1, 0.15) is 5.75 Å². The van der Waals surface area contributed by atoms with E-state index in [0.29, 0.717) is 10.7 Å². The van der Waals surface area contributed by atoms with Crippen LogP contribution in [-0.4, -0.2) is 26.3 Å². The first kappa shape index (κ1) is 12.6. The summed E-state index contributed by atoms with van der Waals surface area (Å²) in [5, 5.41) is 0.598. The maximum atomic E-state index is 11.8. The van der Waals surface area contributed by atoms with E-state index in [1.165, 1.54) is 17.8 Å². The molecule has 1 aromatic rings. The normalized spacial score (nSPS) is 11.1. The second-order valence-electron chi connectivity index (χ2n) is 2.96. The first-order valence-corrected chi connectivity index (χ1v) is 5.91. The molecule has 0 spiro atoms. The van der Waals surface area contributed by atoms with Gasteiger partial charge in [-0.1, -0.05) is 11.8 Å². The molecule has 0 fully saturated rings. The molecule has 1 aromatic carbocycles. The van der Waals surface area contributed by atoms with Crippen LogP contribution in [0, 0.1) is 0 Å². The summed E-state index contributed by atoms with van der Waals surface area (Å²) in [5.41, 5.74) is 0.615. The number of benzene rings is 1. The SMILES string of the molecule is CO/C(=C/C(=O)c1ccc(OC)cc1)SC. The van der Waals surface area contributed by atoms with Gasteiger partial charge in [0.15, 0.2) is 10.9 Å². The highest BCUT2D eigenvalue weighted by molar-refractivity contribution is 8.02. The molecule has 0 aliphatic rings. The van der Waals surface area contributed by atoms with Crippen LogP contribution >= 0.6 is 11.8 Å². The number of hydrogen-bond acceptors (Lipinski definition) is 4. The Morgan fingerprint density at radius 1 is 1.25 bits per heavy atom. The fraction of sp³-hybridized carbons (Fsp3) is 0.250. The number of ketones is 1. The van der Waals surface area contributed by atoms with Gasteiger partial charge in [0.25, 0.3) is 0 Å². The van der Waals surface area contributed by atoms with E-state index in [2.05, 4.69) is 0 Å². The Bertz CT molecular complexity index is 376. The molecular formula is C12H14O3S. The lowest BCUT2D eigenvalue weighted by atomic mass is 10.1. The topological polar surface area (TPSA) is 35.5 Å². The zero-order chi connectivity index (χ0) is 12.0. The van der Waals surface area contributed by atoms with Gasteiger partial charge in [0.05, 0.1) is 14.2 Å². The van der Waals surface area contributed by atoms with E-state index in [-0.39, 0.29) is 5.78 Å². The Kier molecular flexibility index (Phi) is 4.92. The monoisotopic (exact) mass is 238 g/mol. The van der Waals surface area contributed by atoms with Crippen LogP contribution < -0.4 is 4.74 Å². The highest BCUT2D eigenvalue weighted by atomic mass is 32.2. The predicted octanol–water partition coefficient (Wildman–Crippen LogP) is 2.73. The van der Waals surface area contributed by atoms with Gasteiger partial charge >= 0.3 is 0 Å². The van der Waals surface area contributed by atoms with Crippen LogP contribution in [-0.2, 0) is 4.74 Å². The van der Waals surface area contributed by atoms with Crippen molar-refractivity contribution in [1.82, 2.24) is 0 Å². The molecule has 0 bridgehead atoms. The average molecular weight is 238 g/mol. The van der Waals surface area contributed by atoms with Crippen LogP contribution in [0.15, 0.2) is 35.4 Å². The molecule has 0 unspecified atom stereocenters. The van der Waals surface area contributed by atoms with Gasteiger partial charge in [-0.3, -0.25) is 4.79 Å². The summed E-state index contributed by atoms with van der Waals surface area (Å²) in [5.74, 6) is 0.659. The van der Waals surface area contributed by atoms with Crippen molar-refractivity contribution in [2.24, 2.45) is 0 Å². The van der Waals surface area contributed by atoms with Crippen molar-refractivity contribution in [1.29, 1.82) is 0 Å². The summed E-state index contributed by atoms with van der Waals surface area (Å²) in [4.78, 5) is 11.8. The minimum atomic E-state index is -0.0751. The standard InChI is InChI=1S/C12H14O3S/c1-14-10-6-4-9(5-7-10)11(13)8-12(15-2)16-3/h4-8H,1-3H3/b12-8-. The number of carbonyl (C=O) groups excluding carboxylic acids is 1. The fourth-order valence-corrected chi connectivity index (χ4v) is 1.54. The minimum absolute atomic E-state index is 0.0751. The molecule has 86 valence electrons. The maximum Gasteiger partial charge on any atom is 0.190 e. The molecule has 0 heterocycles. The Morgan fingerprint density at radius 3 is 2.31 bits per heavy atom. The molecular weight excluding hydrogens is 224 g/mol. The first-order valence-electron chi connectivity index (χ1n) is 4.69. The van der Waals surface area contributed by atoms with E-state index in [1.54, 1.807) is 38.5 Å². The van der Waals surface area contributed by atoms with Crippen molar-refractivity contribution < 1.29 is 14.3 Å².